The van der Waals surface area contributed by atoms with Crippen LogP contribution < -0.4 is 20.5 Å². The normalized spacial score (nSPS) is 14.0. The maximum atomic E-state index is 6.86. The van der Waals surface area contributed by atoms with Gasteiger partial charge in [-0.25, -0.2) is 9.97 Å². The first-order chi connectivity index (χ1) is 18.1. The van der Waals surface area contributed by atoms with Gasteiger partial charge in [-0.3, -0.25) is 0 Å². The molecule has 3 heterocycles. The second-order valence-corrected chi connectivity index (χ2v) is 9.19. The third-order valence-electron chi connectivity index (χ3n) is 6.98. The highest BCUT2D eigenvalue weighted by atomic mass is 16.5. The first-order valence-corrected chi connectivity index (χ1v) is 12.2. The molecule has 1 aliphatic carbocycles. The van der Waals surface area contributed by atoms with E-state index in [1.165, 1.54) is 11.1 Å². The monoisotopic (exact) mass is 496 g/mol. The van der Waals surface area contributed by atoms with Gasteiger partial charge < -0.3 is 24.9 Å². The molecule has 0 saturated carbocycles. The molecule has 5 aromatic rings. The van der Waals surface area contributed by atoms with E-state index in [9.17, 15) is 0 Å². The van der Waals surface area contributed by atoms with Crippen LogP contribution in [0.25, 0.3) is 17.2 Å². The smallest absolute Gasteiger partial charge is 0.226 e. The number of aromatic nitrogens is 4. The van der Waals surface area contributed by atoms with Crippen molar-refractivity contribution in [2.45, 2.75) is 25.4 Å². The van der Waals surface area contributed by atoms with E-state index in [4.69, 9.17) is 34.7 Å². The number of furan rings is 1. The lowest BCUT2D eigenvalue weighted by molar-refractivity contribution is 0.354. The minimum Gasteiger partial charge on any atom is -0.493 e. The Labute approximate surface area is 214 Å². The van der Waals surface area contributed by atoms with Crippen LogP contribution in [-0.2, 0) is 19.4 Å². The number of hydrogen-bond acceptors (Lipinski definition) is 8. The molecule has 1 unspecified atom stereocenters. The van der Waals surface area contributed by atoms with Gasteiger partial charge in [0.1, 0.15) is 0 Å². The van der Waals surface area contributed by atoms with Crippen LogP contribution in [0.1, 0.15) is 28.3 Å². The number of anilines is 1. The molecule has 6 rings (SSSR count). The zero-order valence-corrected chi connectivity index (χ0v) is 20.7. The second-order valence-electron chi connectivity index (χ2n) is 9.19. The highest BCUT2D eigenvalue weighted by Gasteiger charge is 2.30. The van der Waals surface area contributed by atoms with Gasteiger partial charge in [0, 0.05) is 24.3 Å². The zero-order chi connectivity index (χ0) is 25.4. The molecule has 0 bridgehead atoms. The lowest BCUT2D eigenvalue weighted by Crippen LogP contribution is -2.23. The van der Waals surface area contributed by atoms with Gasteiger partial charge in [-0.2, -0.15) is 4.52 Å². The Bertz CT molecular complexity index is 1520. The number of nitrogens with one attached hydrogen (secondary N) is 1. The molecule has 37 heavy (non-hydrogen) atoms. The summed E-state index contributed by atoms with van der Waals surface area (Å²) < 4.78 is 18.1. The average Bonchev–Trinajstić information content (AvgIpc) is 3.70. The number of ether oxygens (including phenoxy) is 2. The highest BCUT2D eigenvalue weighted by Crippen LogP contribution is 2.36. The van der Waals surface area contributed by atoms with Crippen molar-refractivity contribution in [1.29, 1.82) is 0 Å². The maximum absolute atomic E-state index is 6.86. The van der Waals surface area contributed by atoms with Crippen molar-refractivity contribution in [2.24, 2.45) is 11.7 Å². The van der Waals surface area contributed by atoms with E-state index in [0.29, 0.717) is 41.2 Å². The van der Waals surface area contributed by atoms with Crippen molar-refractivity contribution in [3.05, 3.63) is 89.3 Å². The molecule has 0 aliphatic heterocycles. The predicted molar refractivity (Wildman–Crippen MR) is 140 cm³/mol. The number of benzene rings is 2. The second kappa shape index (κ2) is 9.59. The summed E-state index contributed by atoms with van der Waals surface area (Å²) in [6.07, 6.45) is 5.29. The number of nitrogens with zero attached hydrogens (tertiary/aromatic N) is 4. The van der Waals surface area contributed by atoms with Gasteiger partial charge >= 0.3 is 0 Å². The van der Waals surface area contributed by atoms with Gasteiger partial charge in [-0.1, -0.05) is 30.3 Å². The van der Waals surface area contributed by atoms with Crippen LogP contribution in [-0.4, -0.2) is 33.8 Å². The third kappa shape index (κ3) is 4.27. The largest absolute Gasteiger partial charge is 0.493 e. The van der Waals surface area contributed by atoms with E-state index in [-0.39, 0.29) is 12.0 Å². The predicted octanol–water partition coefficient (Wildman–Crippen LogP) is 4.43. The van der Waals surface area contributed by atoms with Gasteiger partial charge in [0.2, 0.25) is 11.8 Å². The van der Waals surface area contributed by atoms with Gasteiger partial charge in [-0.05, 0) is 59.7 Å². The topological polar surface area (TPSA) is 113 Å². The fourth-order valence-corrected chi connectivity index (χ4v) is 5.03. The number of nitrogens with two attached hydrogens (primary N) is 1. The fourth-order valence-electron chi connectivity index (χ4n) is 5.03. The quantitative estimate of drug-likeness (QED) is 0.324. The number of hydrogen-bond donors (Lipinski definition) is 2. The van der Waals surface area contributed by atoms with Gasteiger partial charge in [0.15, 0.2) is 22.9 Å². The van der Waals surface area contributed by atoms with Crippen LogP contribution in [0.4, 0.5) is 5.95 Å². The summed E-state index contributed by atoms with van der Waals surface area (Å²) in [4.78, 5) is 9.54. The summed E-state index contributed by atoms with van der Waals surface area (Å²) >= 11 is 0. The Hall–Kier alpha value is -4.37. The molecular weight excluding hydrogens is 468 g/mol. The van der Waals surface area contributed by atoms with Crippen molar-refractivity contribution in [2.75, 3.05) is 19.5 Å². The maximum Gasteiger partial charge on any atom is 0.226 e. The lowest BCUT2D eigenvalue weighted by Gasteiger charge is -2.20. The summed E-state index contributed by atoms with van der Waals surface area (Å²) in [5.41, 5.74) is 12.1. The minimum atomic E-state index is -0.240. The van der Waals surface area contributed by atoms with Crippen molar-refractivity contribution < 1.29 is 13.9 Å². The molecule has 1 atom stereocenters. The molecule has 0 saturated heterocycles. The molecule has 2 aromatic carbocycles. The van der Waals surface area contributed by atoms with Gasteiger partial charge in [0.05, 0.1) is 20.5 Å². The summed E-state index contributed by atoms with van der Waals surface area (Å²) in [7, 11) is 3.24. The molecule has 0 fully saturated rings. The molecule has 188 valence electrons. The lowest BCUT2D eigenvalue weighted by atomic mass is 9.92. The van der Waals surface area contributed by atoms with Crippen LogP contribution in [0.15, 0.2) is 71.5 Å². The SMILES string of the molecule is COc1ccc(CNc2ncc(C(N)C3Cc4ccccc4C3)c3nc(-c4ccco4)nn23)cc1OC. The molecular formula is C28H28N6O3. The Balaban J connectivity index is 1.33. The summed E-state index contributed by atoms with van der Waals surface area (Å²) in [5, 5.41) is 8.11. The Morgan fingerprint density at radius 3 is 2.54 bits per heavy atom. The first kappa shape index (κ1) is 23.1. The molecule has 0 radical (unpaired) electrons. The van der Waals surface area contributed by atoms with Crippen LogP contribution in [0.5, 0.6) is 11.5 Å². The van der Waals surface area contributed by atoms with E-state index in [1.54, 1.807) is 25.0 Å². The van der Waals surface area contributed by atoms with Crippen LogP contribution in [0.2, 0.25) is 0 Å². The Kier molecular flexibility index (Phi) is 5.97. The van der Waals surface area contributed by atoms with Crippen molar-refractivity contribution in [3.8, 4) is 23.1 Å². The van der Waals surface area contributed by atoms with E-state index >= 15 is 0 Å². The molecule has 0 amide bonds. The van der Waals surface area contributed by atoms with Crippen molar-refractivity contribution in [1.82, 2.24) is 19.6 Å². The summed E-state index contributed by atoms with van der Waals surface area (Å²) in [5.74, 6) is 3.23. The Morgan fingerprint density at radius 2 is 1.84 bits per heavy atom. The Morgan fingerprint density at radius 1 is 1.05 bits per heavy atom. The molecule has 3 aromatic heterocycles. The van der Waals surface area contributed by atoms with E-state index < -0.39 is 0 Å². The van der Waals surface area contributed by atoms with Crippen molar-refractivity contribution in [3.63, 3.8) is 0 Å². The third-order valence-corrected chi connectivity index (χ3v) is 6.98. The van der Waals surface area contributed by atoms with E-state index in [2.05, 4.69) is 29.6 Å². The number of methoxy groups -OCH3 is 2. The zero-order valence-electron chi connectivity index (χ0n) is 20.7. The van der Waals surface area contributed by atoms with E-state index in [0.717, 1.165) is 24.0 Å². The van der Waals surface area contributed by atoms with Gasteiger partial charge in [0.25, 0.3) is 0 Å². The fraction of sp³-hybridized carbons (Fsp3) is 0.250. The summed E-state index contributed by atoms with van der Waals surface area (Å²) in [6, 6.07) is 17.7. The number of fused-ring (bicyclic) bond motifs is 2. The molecule has 9 nitrogen and oxygen atoms in total. The van der Waals surface area contributed by atoms with E-state index in [1.807, 2.05) is 36.5 Å². The average molecular weight is 497 g/mol. The van der Waals surface area contributed by atoms with Gasteiger partial charge in [-0.15, -0.1) is 5.10 Å². The van der Waals surface area contributed by atoms with Crippen LogP contribution in [0, 0.1) is 5.92 Å². The first-order valence-electron chi connectivity index (χ1n) is 12.2. The number of rotatable bonds is 8. The van der Waals surface area contributed by atoms with Crippen LogP contribution in [0.3, 0.4) is 0 Å². The van der Waals surface area contributed by atoms with Crippen molar-refractivity contribution >= 4 is 11.6 Å². The highest BCUT2D eigenvalue weighted by molar-refractivity contribution is 5.59. The molecule has 9 heteroatoms. The molecule has 3 N–H and O–H groups in total. The summed E-state index contributed by atoms with van der Waals surface area (Å²) in [6.45, 7) is 0.502. The molecule has 1 aliphatic rings. The molecule has 0 spiro atoms. The standard InChI is InChI=1S/C28H28N6O3/c1-35-22-10-9-17(12-24(22)36-2)15-30-28-31-16-21(25(29)20-13-18-6-3-4-7-19(18)14-20)27-32-26(33-34(27)28)23-8-5-11-37-23/h3-12,16,20,25H,13-15,29H2,1-2H3,(H,30,31). The van der Waals surface area contributed by atoms with Crippen LogP contribution >= 0.6 is 0 Å². The minimum absolute atomic E-state index is 0.240.